The number of ether oxygens (including phenoxy) is 2. The van der Waals surface area contributed by atoms with Crippen LogP contribution in [0.1, 0.15) is 58.3 Å². The van der Waals surface area contributed by atoms with Gasteiger partial charge < -0.3 is 14.9 Å². The minimum Gasteiger partial charge on any atom is -0.347 e. The fourth-order valence-corrected chi connectivity index (χ4v) is 9.00. The molecule has 1 N–H and O–H groups in total. The molecule has 1 aliphatic heterocycles. The average molecular weight is 340 g/mol. The largest absolute Gasteiger partial charge is 0.347 e. The van der Waals surface area contributed by atoms with Gasteiger partial charge >= 0.3 is 0 Å². The van der Waals surface area contributed by atoms with Crippen LogP contribution in [0.3, 0.4) is 0 Å². The van der Waals surface area contributed by atoms with E-state index in [9.17, 15) is 10.7 Å². The number of hydrogen-bond donors (Lipinski definition) is 1. The highest BCUT2D eigenvalue weighted by Gasteiger charge is 2.79. The first kappa shape index (κ1) is 15.2. The smallest absolute Gasteiger partial charge is 0.171 e. The van der Waals surface area contributed by atoms with Gasteiger partial charge in [0.25, 0.3) is 0 Å². The number of rotatable bonds is 0. The molecule has 7 rings (SSSR count). The molecular formula is C21H28N2O2. The van der Waals surface area contributed by atoms with Crippen LogP contribution in [-0.4, -0.2) is 24.7 Å². The highest BCUT2D eigenvalue weighted by molar-refractivity contribution is 5.95. The molecule has 7 aliphatic rings. The van der Waals surface area contributed by atoms with E-state index in [1.807, 2.05) is 0 Å². The van der Waals surface area contributed by atoms with Gasteiger partial charge in [-0.15, -0.1) is 0 Å². The summed E-state index contributed by atoms with van der Waals surface area (Å²) in [6.07, 6.45) is 8.86. The quantitative estimate of drug-likeness (QED) is 0.727. The summed E-state index contributed by atoms with van der Waals surface area (Å²) in [5, 5.41) is 19.3. The summed E-state index contributed by atoms with van der Waals surface area (Å²) in [4.78, 5) is 0. The van der Waals surface area contributed by atoms with Crippen LogP contribution in [0, 0.1) is 56.7 Å². The van der Waals surface area contributed by atoms with E-state index in [1.165, 1.54) is 6.42 Å². The summed E-state index contributed by atoms with van der Waals surface area (Å²) in [5.41, 5.74) is 1.04. The molecule has 5 bridgehead atoms. The summed E-state index contributed by atoms with van der Waals surface area (Å²) in [6.45, 7) is 3.66. The van der Waals surface area contributed by atoms with E-state index >= 15 is 0 Å². The first-order valence-electron chi connectivity index (χ1n) is 10.3. The summed E-state index contributed by atoms with van der Waals surface area (Å²) in [6, 6.07) is 2.70. The minimum absolute atomic E-state index is 0.0145. The fraction of sp³-hybridized carbons (Fsp3) is 0.905. The van der Waals surface area contributed by atoms with Crippen molar-refractivity contribution in [3.05, 3.63) is 0 Å². The van der Waals surface area contributed by atoms with Crippen LogP contribution in [-0.2, 0) is 9.47 Å². The molecule has 0 aromatic carbocycles. The lowest BCUT2D eigenvalue weighted by Gasteiger charge is -2.64. The van der Waals surface area contributed by atoms with Gasteiger partial charge in [0.2, 0.25) is 0 Å². The Balaban J connectivity index is 1.50. The van der Waals surface area contributed by atoms with Gasteiger partial charge in [-0.25, -0.2) is 0 Å². The standard InChI is InChI=1S/C21H28N2O2/c1-18(12-22)4-2-5-20-15(18)3-6-19-11-21(24-7-8-25-21)13(10-16(19)20)9-14(19)17(20)23/h13-16,23H,2-11H2,1H3. The van der Waals surface area contributed by atoms with Gasteiger partial charge in [0, 0.05) is 29.4 Å². The second-order valence-electron chi connectivity index (χ2n) is 10.1. The van der Waals surface area contributed by atoms with Crippen LogP contribution in [0.15, 0.2) is 0 Å². The number of hydrogen-bond acceptors (Lipinski definition) is 4. The van der Waals surface area contributed by atoms with Crippen molar-refractivity contribution < 1.29 is 9.47 Å². The third-order valence-electron chi connectivity index (χ3n) is 9.71. The number of nitrogens with one attached hydrogen (secondary N) is 1. The summed E-state index contributed by atoms with van der Waals surface area (Å²) < 4.78 is 12.4. The molecule has 0 aromatic rings. The maximum absolute atomic E-state index is 9.98. The van der Waals surface area contributed by atoms with E-state index in [-0.39, 0.29) is 22.0 Å². The normalized spacial score (nSPS) is 57.5. The van der Waals surface area contributed by atoms with Crippen molar-refractivity contribution in [1.82, 2.24) is 0 Å². The Morgan fingerprint density at radius 3 is 2.68 bits per heavy atom. The molecule has 6 saturated carbocycles. The van der Waals surface area contributed by atoms with Crippen molar-refractivity contribution in [3.63, 3.8) is 0 Å². The monoisotopic (exact) mass is 340 g/mol. The fourth-order valence-electron chi connectivity index (χ4n) is 9.00. The molecule has 25 heavy (non-hydrogen) atoms. The van der Waals surface area contributed by atoms with Gasteiger partial charge in [-0.3, -0.25) is 0 Å². The molecular weight excluding hydrogens is 312 g/mol. The second kappa shape index (κ2) is 4.31. The van der Waals surface area contributed by atoms with Gasteiger partial charge in [0.15, 0.2) is 5.79 Å². The topological polar surface area (TPSA) is 66.1 Å². The molecule has 0 amide bonds. The zero-order chi connectivity index (χ0) is 17.1. The van der Waals surface area contributed by atoms with E-state index < -0.39 is 0 Å². The van der Waals surface area contributed by atoms with Crippen molar-refractivity contribution in [2.75, 3.05) is 13.2 Å². The zero-order valence-electron chi connectivity index (χ0n) is 15.1. The van der Waals surface area contributed by atoms with Gasteiger partial charge in [-0.1, -0.05) is 6.42 Å². The molecule has 6 aliphatic carbocycles. The van der Waals surface area contributed by atoms with Gasteiger partial charge in [0.05, 0.1) is 24.7 Å². The van der Waals surface area contributed by atoms with Crippen molar-refractivity contribution in [3.8, 4) is 6.07 Å². The molecule has 1 heterocycles. The maximum Gasteiger partial charge on any atom is 0.171 e. The highest BCUT2D eigenvalue weighted by Crippen LogP contribution is 2.80. The minimum atomic E-state index is -0.334. The number of nitriles is 1. The van der Waals surface area contributed by atoms with Crippen LogP contribution in [0.2, 0.25) is 0 Å². The van der Waals surface area contributed by atoms with Crippen LogP contribution in [0.5, 0.6) is 0 Å². The molecule has 7 atom stereocenters. The van der Waals surface area contributed by atoms with Gasteiger partial charge in [-0.05, 0) is 62.7 Å². The lowest BCUT2D eigenvalue weighted by atomic mass is 9.40. The third-order valence-corrected chi connectivity index (χ3v) is 9.71. The Labute approximate surface area is 149 Å². The lowest BCUT2D eigenvalue weighted by Crippen LogP contribution is -2.62. The summed E-state index contributed by atoms with van der Waals surface area (Å²) >= 11 is 0. The van der Waals surface area contributed by atoms with E-state index in [2.05, 4.69) is 13.0 Å². The SMILES string of the molecule is CC1(C#N)CCCC23C(=N)C4CC5CC2C4(CCC13)CC51OCCO1. The van der Waals surface area contributed by atoms with E-state index in [0.717, 1.165) is 63.9 Å². The molecule has 134 valence electrons. The molecule has 0 radical (unpaired) electrons. The van der Waals surface area contributed by atoms with E-state index in [1.54, 1.807) is 0 Å². The van der Waals surface area contributed by atoms with Crippen LogP contribution < -0.4 is 0 Å². The Morgan fingerprint density at radius 2 is 1.92 bits per heavy atom. The molecule has 4 nitrogen and oxygen atoms in total. The van der Waals surface area contributed by atoms with Crippen molar-refractivity contribution in [2.45, 2.75) is 64.1 Å². The first-order chi connectivity index (χ1) is 12.0. The van der Waals surface area contributed by atoms with Crippen LogP contribution in [0.25, 0.3) is 0 Å². The van der Waals surface area contributed by atoms with Gasteiger partial charge in [0.1, 0.15) is 0 Å². The first-order valence-corrected chi connectivity index (χ1v) is 10.3. The highest BCUT2D eigenvalue weighted by atomic mass is 16.7. The summed E-state index contributed by atoms with van der Waals surface area (Å²) in [7, 11) is 0. The maximum atomic E-state index is 9.98. The molecule has 0 aromatic heterocycles. The molecule has 7 unspecified atom stereocenters. The molecule has 1 saturated heterocycles. The average Bonchev–Trinajstić information content (AvgIpc) is 3.07. The predicted molar refractivity (Wildman–Crippen MR) is 91.8 cm³/mol. The Hall–Kier alpha value is -0.920. The van der Waals surface area contributed by atoms with Crippen molar-refractivity contribution >= 4 is 5.71 Å². The second-order valence-corrected chi connectivity index (χ2v) is 10.1. The van der Waals surface area contributed by atoms with E-state index in [4.69, 9.17) is 9.47 Å². The Morgan fingerprint density at radius 1 is 1.12 bits per heavy atom. The van der Waals surface area contributed by atoms with Crippen LogP contribution in [0.4, 0.5) is 0 Å². The van der Waals surface area contributed by atoms with Gasteiger partial charge in [-0.2, -0.15) is 5.26 Å². The Kier molecular flexibility index (Phi) is 2.62. The summed E-state index contributed by atoms with van der Waals surface area (Å²) in [5.74, 6) is 1.55. The molecule has 7 fully saturated rings. The van der Waals surface area contributed by atoms with E-state index in [0.29, 0.717) is 23.7 Å². The molecule has 3 spiro atoms. The zero-order valence-corrected chi connectivity index (χ0v) is 15.1. The van der Waals surface area contributed by atoms with Crippen LogP contribution >= 0.6 is 0 Å². The molecule has 4 heteroatoms. The predicted octanol–water partition coefficient (Wildman–Crippen LogP) is 3.91. The third kappa shape index (κ3) is 1.42. The number of nitrogens with zero attached hydrogens (tertiary/aromatic N) is 1. The lowest BCUT2D eigenvalue weighted by molar-refractivity contribution is -0.291. The van der Waals surface area contributed by atoms with Crippen molar-refractivity contribution in [2.24, 2.45) is 39.9 Å². The Bertz CT molecular complexity index is 707. The van der Waals surface area contributed by atoms with Crippen molar-refractivity contribution in [1.29, 1.82) is 10.7 Å².